The average Bonchev–Trinajstić information content (AvgIpc) is 2.60. The minimum absolute atomic E-state index is 0.145. The van der Waals surface area contributed by atoms with Crippen LogP contribution in [0.5, 0.6) is 0 Å². The first-order valence-corrected chi connectivity index (χ1v) is 5.63. The molecule has 14 heavy (non-hydrogen) atoms. The molecule has 0 radical (unpaired) electrons. The third-order valence-electron chi connectivity index (χ3n) is 3.29. The van der Waals surface area contributed by atoms with Crippen molar-refractivity contribution in [2.24, 2.45) is 5.92 Å². The minimum Gasteiger partial charge on any atom is -0.349 e. The highest BCUT2D eigenvalue weighted by Crippen LogP contribution is 2.30. The lowest BCUT2D eigenvalue weighted by Crippen LogP contribution is -2.44. The lowest BCUT2D eigenvalue weighted by molar-refractivity contribution is -0.119. The van der Waals surface area contributed by atoms with Gasteiger partial charge in [0, 0.05) is 26.1 Å². The number of hydrogen-bond donors (Lipinski definition) is 1. The van der Waals surface area contributed by atoms with Gasteiger partial charge in [-0.1, -0.05) is 13.8 Å². The van der Waals surface area contributed by atoms with Gasteiger partial charge in [-0.05, 0) is 18.8 Å². The SMILES string of the molecule is CC(C)CN1CCC2(CCC(=O)N2)C1. The van der Waals surface area contributed by atoms with E-state index in [2.05, 4.69) is 24.1 Å². The van der Waals surface area contributed by atoms with E-state index >= 15 is 0 Å². The predicted molar refractivity (Wildman–Crippen MR) is 56.0 cm³/mol. The summed E-state index contributed by atoms with van der Waals surface area (Å²) < 4.78 is 0. The fraction of sp³-hybridized carbons (Fsp3) is 0.909. The zero-order valence-electron chi connectivity index (χ0n) is 9.18. The molecule has 0 aromatic rings. The highest BCUT2D eigenvalue weighted by molar-refractivity contribution is 5.79. The van der Waals surface area contributed by atoms with Crippen molar-refractivity contribution in [3.8, 4) is 0 Å². The van der Waals surface area contributed by atoms with Crippen LogP contribution in [-0.2, 0) is 4.79 Å². The standard InChI is InChI=1S/C11H20N2O/c1-9(2)7-13-6-5-11(8-13)4-3-10(14)12-11/h9H,3-8H2,1-2H3,(H,12,14). The number of carbonyl (C=O) groups is 1. The Morgan fingerprint density at radius 3 is 2.86 bits per heavy atom. The van der Waals surface area contributed by atoms with Crippen LogP contribution in [0.1, 0.15) is 33.1 Å². The van der Waals surface area contributed by atoms with E-state index in [0.29, 0.717) is 0 Å². The molecule has 0 saturated carbocycles. The van der Waals surface area contributed by atoms with Crippen LogP contribution < -0.4 is 5.32 Å². The van der Waals surface area contributed by atoms with Crippen molar-refractivity contribution in [2.45, 2.75) is 38.6 Å². The first-order valence-electron chi connectivity index (χ1n) is 5.63. The number of nitrogens with zero attached hydrogens (tertiary/aromatic N) is 1. The molecule has 3 nitrogen and oxygen atoms in total. The summed E-state index contributed by atoms with van der Waals surface area (Å²) in [5.74, 6) is 0.971. The number of nitrogens with one attached hydrogen (secondary N) is 1. The number of hydrogen-bond acceptors (Lipinski definition) is 2. The van der Waals surface area contributed by atoms with Crippen molar-refractivity contribution < 1.29 is 4.79 Å². The average molecular weight is 196 g/mol. The molecule has 80 valence electrons. The maximum absolute atomic E-state index is 11.2. The van der Waals surface area contributed by atoms with E-state index in [0.717, 1.165) is 44.8 Å². The van der Waals surface area contributed by atoms with Gasteiger partial charge in [-0.2, -0.15) is 0 Å². The highest BCUT2D eigenvalue weighted by Gasteiger charge is 2.42. The molecular weight excluding hydrogens is 176 g/mol. The normalized spacial score (nSPS) is 33.2. The van der Waals surface area contributed by atoms with Crippen molar-refractivity contribution in [3.63, 3.8) is 0 Å². The molecule has 0 bridgehead atoms. The van der Waals surface area contributed by atoms with E-state index in [1.54, 1.807) is 0 Å². The first kappa shape index (κ1) is 9.97. The van der Waals surface area contributed by atoms with E-state index in [1.807, 2.05) is 0 Å². The molecule has 2 rings (SSSR count). The van der Waals surface area contributed by atoms with Crippen LogP contribution in [0.4, 0.5) is 0 Å². The van der Waals surface area contributed by atoms with Crippen LogP contribution in [0.3, 0.4) is 0 Å². The molecule has 1 spiro atoms. The van der Waals surface area contributed by atoms with Gasteiger partial charge < -0.3 is 10.2 Å². The fourth-order valence-corrected chi connectivity index (χ4v) is 2.71. The molecule has 0 aromatic heterocycles. The molecule has 2 aliphatic heterocycles. The predicted octanol–water partition coefficient (Wildman–Crippen LogP) is 0.997. The van der Waals surface area contributed by atoms with Crippen LogP contribution >= 0.6 is 0 Å². The summed E-state index contributed by atoms with van der Waals surface area (Å²) in [6.07, 6.45) is 2.92. The largest absolute Gasteiger partial charge is 0.349 e. The Hall–Kier alpha value is -0.570. The molecular formula is C11H20N2O. The lowest BCUT2D eigenvalue weighted by atomic mass is 9.97. The highest BCUT2D eigenvalue weighted by atomic mass is 16.2. The summed E-state index contributed by atoms with van der Waals surface area (Å²) >= 11 is 0. The first-order chi connectivity index (χ1) is 6.60. The van der Waals surface area contributed by atoms with Crippen molar-refractivity contribution in [1.29, 1.82) is 0 Å². The number of rotatable bonds is 2. The van der Waals surface area contributed by atoms with Gasteiger partial charge in [0.25, 0.3) is 0 Å². The smallest absolute Gasteiger partial charge is 0.220 e. The number of carbonyl (C=O) groups excluding carboxylic acids is 1. The second kappa shape index (κ2) is 3.54. The Balaban J connectivity index is 1.91. The zero-order chi connectivity index (χ0) is 10.2. The quantitative estimate of drug-likeness (QED) is 0.714. The zero-order valence-corrected chi connectivity index (χ0v) is 9.18. The van der Waals surface area contributed by atoms with E-state index in [4.69, 9.17) is 0 Å². The van der Waals surface area contributed by atoms with Crippen LogP contribution in [0.25, 0.3) is 0 Å². The van der Waals surface area contributed by atoms with Crippen molar-refractivity contribution in [3.05, 3.63) is 0 Å². The molecule has 3 heteroatoms. The van der Waals surface area contributed by atoms with Gasteiger partial charge >= 0.3 is 0 Å². The van der Waals surface area contributed by atoms with Crippen LogP contribution in [0.2, 0.25) is 0 Å². The Morgan fingerprint density at radius 1 is 1.50 bits per heavy atom. The van der Waals surface area contributed by atoms with Gasteiger partial charge in [-0.15, -0.1) is 0 Å². The van der Waals surface area contributed by atoms with Crippen molar-refractivity contribution in [2.75, 3.05) is 19.6 Å². The Labute approximate surface area is 85.8 Å². The Kier molecular flexibility index (Phi) is 2.52. The number of likely N-dealkylation sites (tertiary alicyclic amines) is 1. The van der Waals surface area contributed by atoms with Crippen LogP contribution in [-0.4, -0.2) is 36.0 Å². The molecule has 0 aliphatic carbocycles. The van der Waals surface area contributed by atoms with E-state index in [-0.39, 0.29) is 11.4 Å². The summed E-state index contributed by atoms with van der Waals surface area (Å²) in [5, 5.41) is 3.15. The second-order valence-electron chi connectivity index (χ2n) is 5.21. The summed E-state index contributed by atoms with van der Waals surface area (Å²) in [7, 11) is 0. The van der Waals surface area contributed by atoms with E-state index < -0.39 is 0 Å². The van der Waals surface area contributed by atoms with Gasteiger partial charge in [0.1, 0.15) is 0 Å². The lowest BCUT2D eigenvalue weighted by Gasteiger charge is -2.24. The maximum atomic E-state index is 11.2. The van der Waals surface area contributed by atoms with Gasteiger partial charge in [-0.3, -0.25) is 4.79 Å². The van der Waals surface area contributed by atoms with E-state index in [9.17, 15) is 4.79 Å². The molecule has 2 fully saturated rings. The third-order valence-corrected chi connectivity index (χ3v) is 3.29. The molecule has 1 N–H and O–H groups in total. The monoisotopic (exact) mass is 196 g/mol. The minimum atomic E-state index is 0.145. The van der Waals surface area contributed by atoms with Gasteiger partial charge in [0.05, 0.1) is 5.54 Å². The summed E-state index contributed by atoms with van der Waals surface area (Å²) in [6.45, 7) is 7.88. The number of amides is 1. The molecule has 2 aliphatic rings. The molecule has 1 atom stereocenters. The van der Waals surface area contributed by atoms with E-state index in [1.165, 1.54) is 0 Å². The molecule has 1 unspecified atom stereocenters. The fourth-order valence-electron chi connectivity index (χ4n) is 2.71. The topological polar surface area (TPSA) is 32.3 Å². The second-order valence-corrected chi connectivity index (χ2v) is 5.21. The molecule has 2 heterocycles. The Morgan fingerprint density at radius 2 is 2.29 bits per heavy atom. The maximum Gasteiger partial charge on any atom is 0.220 e. The summed E-state index contributed by atoms with van der Waals surface area (Å²) in [6, 6.07) is 0. The molecule has 0 aromatic carbocycles. The third kappa shape index (κ3) is 1.92. The van der Waals surface area contributed by atoms with Crippen LogP contribution in [0, 0.1) is 5.92 Å². The van der Waals surface area contributed by atoms with Crippen molar-refractivity contribution in [1.82, 2.24) is 10.2 Å². The van der Waals surface area contributed by atoms with Gasteiger partial charge in [0.2, 0.25) is 5.91 Å². The summed E-state index contributed by atoms with van der Waals surface area (Å²) in [5.41, 5.74) is 0.145. The molecule has 2 saturated heterocycles. The van der Waals surface area contributed by atoms with Crippen molar-refractivity contribution >= 4 is 5.91 Å². The molecule has 1 amide bonds. The Bertz CT molecular complexity index is 239. The van der Waals surface area contributed by atoms with Gasteiger partial charge in [-0.25, -0.2) is 0 Å². The summed E-state index contributed by atoms with van der Waals surface area (Å²) in [4.78, 5) is 13.7. The van der Waals surface area contributed by atoms with Gasteiger partial charge in [0.15, 0.2) is 0 Å². The van der Waals surface area contributed by atoms with Crippen LogP contribution in [0.15, 0.2) is 0 Å².